The van der Waals surface area contributed by atoms with Crippen molar-refractivity contribution >= 4 is 40.9 Å². The van der Waals surface area contributed by atoms with Crippen LogP contribution in [-0.4, -0.2) is 34.9 Å². The van der Waals surface area contributed by atoms with Gasteiger partial charge in [-0.05, 0) is 42.2 Å². The highest BCUT2D eigenvalue weighted by Crippen LogP contribution is 2.22. The standard InChI is InChI=1S/C25H27ClN4O3S/c1-16(2)13-21(23(31)28-18-9-11-19(33-3)12-10-18)29-24(32)22-20(26)14-27-25(30-22)34-15-17-7-5-4-6-8-17/h4-12,14,16,21H,13,15H2,1-3H3,(H,28,31)(H,29,32)/t21-/m0/s1. The summed E-state index contributed by atoms with van der Waals surface area (Å²) < 4.78 is 5.14. The monoisotopic (exact) mass is 498 g/mol. The maximum absolute atomic E-state index is 13.0. The summed E-state index contributed by atoms with van der Waals surface area (Å²) in [6.07, 6.45) is 1.86. The largest absolute Gasteiger partial charge is 0.497 e. The molecule has 34 heavy (non-hydrogen) atoms. The van der Waals surface area contributed by atoms with Crippen molar-refractivity contribution in [3.8, 4) is 5.75 Å². The van der Waals surface area contributed by atoms with Crippen molar-refractivity contribution in [2.75, 3.05) is 12.4 Å². The van der Waals surface area contributed by atoms with E-state index >= 15 is 0 Å². The average Bonchev–Trinajstić information content (AvgIpc) is 2.84. The molecule has 1 atom stereocenters. The van der Waals surface area contributed by atoms with Crippen LogP contribution >= 0.6 is 23.4 Å². The van der Waals surface area contributed by atoms with E-state index in [1.165, 1.54) is 18.0 Å². The molecule has 0 bridgehead atoms. The average molecular weight is 499 g/mol. The van der Waals surface area contributed by atoms with E-state index in [-0.39, 0.29) is 22.5 Å². The van der Waals surface area contributed by atoms with Crippen LogP contribution in [0.4, 0.5) is 5.69 Å². The van der Waals surface area contributed by atoms with E-state index in [2.05, 4.69) is 20.6 Å². The zero-order valence-corrected chi connectivity index (χ0v) is 20.8. The number of anilines is 1. The maximum Gasteiger partial charge on any atom is 0.272 e. The van der Waals surface area contributed by atoms with E-state index in [9.17, 15) is 9.59 Å². The molecule has 2 aromatic carbocycles. The van der Waals surface area contributed by atoms with Gasteiger partial charge >= 0.3 is 0 Å². The van der Waals surface area contributed by atoms with Gasteiger partial charge in [0.15, 0.2) is 10.9 Å². The van der Waals surface area contributed by atoms with Crippen LogP contribution < -0.4 is 15.4 Å². The number of methoxy groups -OCH3 is 1. The first-order valence-corrected chi connectivity index (χ1v) is 12.2. The van der Waals surface area contributed by atoms with Crippen molar-refractivity contribution < 1.29 is 14.3 Å². The third-order valence-corrected chi connectivity index (χ3v) is 6.04. The lowest BCUT2D eigenvalue weighted by Crippen LogP contribution is -2.45. The summed E-state index contributed by atoms with van der Waals surface area (Å²) >= 11 is 7.63. The molecule has 3 rings (SSSR count). The number of amides is 2. The first-order chi connectivity index (χ1) is 16.4. The molecule has 0 saturated heterocycles. The number of halogens is 1. The van der Waals surface area contributed by atoms with Crippen LogP contribution in [-0.2, 0) is 10.5 Å². The van der Waals surface area contributed by atoms with Gasteiger partial charge in [0.2, 0.25) is 5.91 Å². The SMILES string of the molecule is COc1ccc(NC(=O)[C@H](CC(C)C)NC(=O)c2nc(SCc3ccccc3)ncc2Cl)cc1. The Labute approximate surface area is 208 Å². The predicted molar refractivity (Wildman–Crippen MR) is 135 cm³/mol. The summed E-state index contributed by atoms with van der Waals surface area (Å²) in [5, 5.41) is 6.19. The Balaban J connectivity index is 1.70. The van der Waals surface area contributed by atoms with Crippen molar-refractivity contribution in [3.05, 3.63) is 77.1 Å². The Bertz CT molecular complexity index is 1110. The van der Waals surface area contributed by atoms with E-state index in [1.54, 1.807) is 31.4 Å². The van der Waals surface area contributed by atoms with E-state index < -0.39 is 11.9 Å². The first kappa shape index (κ1) is 25.5. The summed E-state index contributed by atoms with van der Waals surface area (Å²) in [7, 11) is 1.58. The molecular formula is C25H27ClN4O3S. The molecule has 0 aliphatic carbocycles. The van der Waals surface area contributed by atoms with Crippen LogP contribution in [0, 0.1) is 5.92 Å². The van der Waals surface area contributed by atoms with Gasteiger partial charge in [-0.2, -0.15) is 0 Å². The molecule has 0 fully saturated rings. The van der Waals surface area contributed by atoms with Crippen molar-refractivity contribution in [1.82, 2.24) is 15.3 Å². The molecular weight excluding hydrogens is 472 g/mol. The van der Waals surface area contributed by atoms with Gasteiger partial charge < -0.3 is 15.4 Å². The maximum atomic E-state index is 13.0. The number of nitrogens with zero attached hydrogens (tertiary/aromatic N) is 2. The van der Waals surface area contributed by atoms with Gasteiger partial charge in [0, 0.05) is 11.4 Å². The molecule has 0 unspecified atom stereocenters. The van der Waals surface area contributed by atoms with Gasteiger partial charge in [0.1, 0.15) is 11.8 Å². The number of ether oxygens (including phenoxy) is 1. The predicted octanol–water partition coefficient (Wildman–Crippen LogP) is 5.21. The molecule has 0 aliphatic heterocycles. The van der Waals surface area contributed by atoms with E-state index in [4.69, 9.17) is 16.3 Å². The number of aromatic nitrogens is 2. The number of thioether (sulfide) groups is 1. The Morgan fingerprint density at radius 2 is 1.79 bits per heavy atom. The third kappa shape index (κ3) is 7.46. The lowest BCUT2D eigenvalue weighted by molar-refractivity contribution is -0.118. The minimum absolute atomic E-state index is 0.0400. The van der Waals surface area contributed by atoms with E-state index in [0.29, 0.717) is 28.8 Å². The van der Waals surface area contributed by atoms with Gasteiger partial charge in [0.05, 0.1) is 18.3 Å². The van der Waals surface area contributed by atoms with Gasteiger partial charge in [0.25, 0.3) is 5.91 Å². The summed E-state index contributed by atoms with van der Waals surface area (Å²) in [5.74, 6) is 0.666. The van der Waals surface area contributed by atoms with Crippen molar-refractivity contribution in [2.24, 2.45) is 5.92 Å². The van der Waals surface area contributed by atoms with Crippen LogP contribution in [0.3, 0.4) is 0 Å². The molecule has 3 aromatic rings. The number of rotatable bonds is 10. The quantitative estimate of drug-likeness (QED) is 0.294. The topological polar surface area (TPSA) is 93.2 Å². The minimum atomic E-state index is -0.763. The Kier molecular flexibility index (Phi) is 9.30. The van der Waals surface area contributed by atoms with Gasteiger partial charge in [-0.3, -0.25) is 9.59 Å². The van der Waals surface area contributed by atoms with Crippen LogP contribution in [0.5, 0.6) is 5.75 Å². The minimum Gasteiger partial charge on any atom is -0.497 e. The summed E-state index contributed by atoms with van der Waals surface area (Å²) in [4.78, 5) is 34.5. The smallest absolute Gasteiger partial charge is 0.272 e. The normalized spacial score (nSPS) is 11.7. The molecule has 7 nitrogen and oxygen atoms in total. The van der Waals surface area contributed by atoms with Crippen molar-refractivity contribution in [3.63, 3.8) is 0 Å². The van der Waals surface area contributed by atoms with Gasteiger partial charge in [-0.25, -0.2) is 9.97 Å². The zero-order valence-electron chi connectivity index (χ0n) is 19.2. The molecule has 0 saturated carbocycles. The van der Waals surface area contributed by atoms with Crippen molar-refractivity contribution in [2.45, 2.75) is 37.2 Å². The lowest BCUT2D eigenvalue weighted by atomic mass is 10.0. The Morgan fingerprint density at radius 3 is 2.44 bits per heavy atom. The van der Waals surface area contributed by atoms with Crippen LogP contribution in [0.25, 0.3) is 0 Å². The fraction of sp³-hybridized carbons (Fsp3) is 0.280. The van der Waals surface area contributed by atoms with Gasteiger partial charge in [-0.1, -0.05) is 67.5 Å². The van der Waals surface area contributed by atoms with Crippen LogP contribution in [0.15, 0.2) is 66.0 Å². The fourth-order valence-corrected chi connectivity index (χ4v) is 4.08. The second kappa shape index (κ2) is 12.4. The molecule has 2 N–H and O–H groups in total. The highest BCUT2D eigenvalue weighted by Gasteiger charge is 2.25. The Morgan fingerprint density at radius 1 is 1.09 bits per heavy atom. The molecule has 1 heterocycles. The summed E-state index contributed by atoms with van der Waals surface area (Å²) in [5.41, 5.74) is 1.76. The molecule has 2 amide bonds. The fourth-order valence-electron chi connectivity index (χ4n) is 3.14. The molecule has 0 spiro atoms. The molecule has 0 aliphatic rings. The van der Waals surface area contributed by atoms with Crippen LogP contribution in [0.1, 0.15) is 36.3 Å². The van der Waals surface area contributed by atoms with Gasteiger partial charge in [-0.15, -0.1) is 0 Å². The highest BCUT2D eigenvalue weighted by atomic mass is 35.5. The third-order valence-electron chi connectivity index (χ3n) is 4.83. The number of benzene rings is 2. The second-order valence-electron chi connectivity index (χ2n) is 8.00. The molecule has 1 aromatic heterocycles. The Hall–Kier alpha value is -3.10. The number of hydrogen-bond donors (Lipinski definition) is 2. The lowest BCUT2D eigenvalue weighted by Gasteiger charge is -2.20. The number of hydrogen-bond acceptors (Lipinski definition) is 6. The molecule has 178 valence electrons. The second-order valence-corrected chi connectivity index (χ2v) is 9.35. The molecule has 0 radical (unpaired) electrons. The number of carbonyl (C=O) groups is 2. The van der Waals surface area contributed by atoms with Crippen LogP contribution in [0.2, 0.25) is 5.02 Å². The molecule has 9 heteroatoms. The zero-order chi connectivity index (χ0) is 24.5. The van der Waals surface area contributed by atoms with E-state index in [0.717, 1.165) is 5.56 Å². The highest BCUT2D eigenvalue weighted by molar-refractivity contribution is 7.98. The van der Waals surface area contributed by atoms with E-state index in [1.807, 2.05) is 44.2 Å². The number of carbonyl (C=O) groups excluding carboxylic acids is 2. The summed E-state index contributed by atoms with van der Waals surface area (Å²) in [6.45, 7) is 3.96. The summed E-state index contributed by atoms with van der Waals surface area (Å²) in [6, 6.07) is 16.1. The van der Waals surface area contributed by atoms with Crippen molar-refractivity contribution in [1.29, 1.82) is 0 Å². The number of nitrogens with one attached hydrogen (secondary N) is 2. The first-order valence-electron chi connectivity index (χ1n) is 10.8.